The summed E-state index contributed by atoms with van der Waals surface area (Å²) >= 11 is 0. The van der Waals surface area contributed by atoms with Crippen molar-refractivity contribution in [3.8, 4) is 17.0 Å². The summed E-state index contributed by atoms with van der Waals surface area (Å²) in [6, 6.07) is 9.52. The van der Waals surface area contributed by atoms with Gasteiger partial charge in [-0.2, -0.15) is 0 Å². The number of benzene rings is 1. The first-order valence-corrected chi connectivity index (χ1v) is 7.03. The predicted molar refractivity (Wildman–Crippen MR) is 77.4 cm³/mol. The number of quaternary nitrogens is 1. The van der Waals surface area contributed by atoms with Gasteiger partial charge in [-0.3, -0.25) is 0 Å². The molecule has 0 aliphatic carbocycles. The van der Waals surface area contributed by atoms with Crippen LogP contribution in [0.5, 0.6) is 5.75 Å². The lowest BCUT2D eigenvalue weighted by molar-refractivity contribution is -0.657. The maximum absolute atomic E-state index is 5.65. The van der Waals surface area contributed by atoms with Crippen LogP contribution in [-0.2, 0) is 9.31 Å². The van der Waals surface area contributed by atoms with E-state index in [0.717, 1.165) is 30.1 Å². The van der Waals surface area contributed by atoms with Crippen molar-refractivity contribution in [1.29, 1.82) is 0 Å². The van der Waals surface area contributed by atoms with Gasteiger partial charge in [-0.25, -0.2) is 0 Å². The first kappa shape index (κ1) is 14.1. The van der Waals surface area contributed by atoms with E-state index in [1.807, 2.05) is 30.3 Å². The number of nitrogens with two attached hydrogens (primary N) is 1. The van der Waals surface area contributed by atoms with Crippen LogP contribution in [-0.4, -0.2) is 45.7 Å². The highest BCUT2D eigenvalue weighted by Crippen LogP contribution is 2.20. The second-order valence-electron chi connectivity index (χ2n) is 4.78. The summed E-state index contributed by atoms with van der Waals surface area (Å²) in [7, 11) is 1.17. The summed E-state index contributed by atoms with van der Waals surface area (Å²) in [5.41, 5.74) is 2.32. The van der Waals surface area contributed by atoms with E-state index in [0.29, 0.717) is 18.9 Å². The van der Waals surface area contributed by atoms with Crippen molar-refractivity contribution in [3.05, 3.63) is 30.3 Å². The van der Waals surface area contributed by atoms with Gasteiger partial charge in [-0.15, -0.1) is 0 Å². The normalized spacial score (nSPS) is 17.2. The standard InChI is InChI=1S/C14H17BN2O4/c1-18-12-4-2-11(3-5-12)13-10-14(21-17-13)15-19-8-6-16-7-9-20-15/h2-5,10,16H,6-9H2,1H3/q-1/p+1. The highest BCUT2D eigenvalue weighted by Gasteiger charge is 2.13. The minimum absolute atomic E-state index is 0.474. The quantitative estimate of drug-likeness (QED) is 0.783. The highest BCUT2D eigenvalue weighted by molar-refractivity contribution is 6.59. The van der Waals surface area contributed by atoms with Crippen LogP contribution in [0.4, 0.5) is 0 Å². The lowest BCUT2D eigenvalue weighted by Crippen LogP contribution is -2.86. The van der Waals surface area contributed by atoms with Gasteiger partial charge < -0.3 is 23.9 Å². The molecule has 0 unspecified atom stereocenters. The van der Waals surface area contributed by atoms with Crippen molar-refractivity contribution in [2.24, 2.45) is 0 Å². The number of nitrogens with zero attached hydrogens (tertiary/aromatic N) is 1. The Balaban J connectivity index is 1.74. The number of aromatic nitrogens is 1. The molecule has 0 atom stereocenters. The lowest BCUT2D eigenvalue weighted by Gasteiger charge is -2.28. The fraction of sp³-hybridized carbons (Fsp3) is 0.357. The SMILES string of the molecule is COc1ccc(-c2cc([B-]3OCC[NH2+]CCO3)on2)cc1. The molecular weight excluding hydrogens is 271 g/mol. The molecule has 1 aromatic heterocycles. The lowest BCUT2D eigenvalue weighted by atomic mass is 9.85. The number of rotatable bonds is 3. The Bertz CT molecular complexity index is 565. The third kappa shape index (κ3) is 3.44. The topological polar surface area (TPSA) is 70.3 Å². The number of ether oxygens (including phenoxy) is 1. The van der Waals surface area contributed by atoms with Crippen molar-refractivity contribution in [1.82, 2.24) is 5.16 Å². The Morgan fingerprint density at radius 1 is 1.14 bits per heavy atom. The molecule has 2 aromatic rings. The molecule has 21 heavy (non-hydrogen) atoms. The van der Waals surface area contributed by atoms with E-state index in [-0.39, 0.29) is 0 Å². The number of hydrogen-bond acceptors (Lipinski definition) is 5. The zero-order valence-corrected chi connectivity index (χ0v) is 12.0. The third-order valence-electron chi connectivity index (χ3n) is 3.33. The zero-order chi connectivity index (χ0) is 14.5. The molecular formula is C14H18BN2O4. The molecule has 0 spiro atoms. The molecule has 0 saturated carbocycles. The van der Waals surface area contributed by atoms with Gasteiger partial charge in [-0.1, -0.05) is 5.16 Å². The molecule has 1 aliphatic heterocycles. The Kier molecular flexibility index (Phi) is 4.54. The molecule has 2 heterocycles. The van der Waals surface area contributed by atoms with E-state index in [1.165, 1.54) is 0 Å². The summed E-state index contributed by atoms with van der Waals surface area (Å²) in [6.45, 7) is 3.12. The second-order valence-corrected chi connectivity index (χ2v) is 4.78. The van der Waals surface area contributed by atoms with E-state index >= 15 is 0 Å². The van der Waals surface area contributed by atoms with Crippen LogP contribution >= 0.6 is 0 Å². The van der Waals surface area contributed by atoms with Crippen LogP contribution in [0.2, 0.25) is 0 Å². The van der Waals surface area contributed by atoms with Gasteiger partial charge in [0.2, 0.25) is 7.12 Å². The summed E-state index contributed by atoms with van der Waals surface area (Å²) in [4.78, 5) is 0. The Labute approximate surface area is 123 Å². The Morgan fingerprint density at radius 2 is 1.86 bits per heavy atom. The molecule has 1 aliphatic rings. The molecule has 6 nitrogen and oxygen atoms in total. The monoisotopic (exact) mass is 289 g/mol. The molecule has 0 amide bonds. The summed E-state index contributed by atoms with van der Waals surface area (Å²) in [5, 5.41) is 6.25. The minimum atomic E-state index is -0.474. The maximum atomic E-state index is 5.65. The number of hydrogen-bond donors (Lipinski definition) is 1. The summed E-state index contributed by atoms with van der Waals surface area (Å²) < 4.78 is 21.8. The largest absolute Gasteiger partial charge is 0.580 e. The van der Waals surface area contributed by atoms with Crippen LogP contribution in [0, 0.1) is 0 Å². The van der Waals surface area contributed by atoms with Crippen LogP contribution < -0.4 is 15.7 Å². The molecule has 3 rings (SSSR count). The second kappa shape index (κ2) is 6.75. The fourth-order valence-electron chi connectivity index (χ4n) is 2.17. The molecule has 0 bridgehead atoms. The van der Waals surface area contributed by atoms with Crippen LogP contribution in [0.15, 0.2) is 34.9 Å². The average Bonchev–Trinajstić information content (AvgIpc) is 2.97. The van der Waals surface area contributed by atoms with Crippen LogP contribution in [0.3, 0.4) is 0 Å². The van der Waals surface area contributed by atoms with Gasteiger partial charge in [0, 0.05) is 11.2 Å². The van der Waals surface area contributed by atoms with E-state index in [2.05, 4.69) is 10.5 Å². The van der Waals surface area contributed by atoms with Crippen LogP contribution in [0.25, 0.3) is 11.3 Å². The van der Waals surface area contributed by atoms with Gasteiger partial charge in [0.05, 0.1) is 33.4 Å². The van der Waals surface area contributed by atoms with E-state index < -0.39 is 7.12 Å². The Hall–Kier alpha value is -1.83. The van der Waals surface area contributed by atoms with Crippen LogP contribution in [0.1, 0.15) is 0 Å². The first-order chi connectivity index (χ1) is 10.4. The Morgan fingerprint density at radius 3 is 2.52 bits per heavy atom. The fourth-order valence-corrected chi connectivity index (χ4v) is 2.17. The van der Waals surface area contributed by atoms with Crippen molar-refractivity contribution >= 4 is 12.8 Å². The molecule has 1 aromatic carbocycles. The van der Waals surface area contributed by atoms with Gasteiger partial charge in [-0.05, 0) is 30.3 Å². The van der Waals surface area contributed by atoms with Gasteiger partial charge >= 0.3 is 0 Å². The third-order valence-corrected chi connectivity index (χ3v) is 3.33. The highest BCUT2D eigenvalue weighted by atomic mass is 16.6. The average molecular weight is 289 g/mol. The molecule has 7 heteroatoms. The summed E-state index contributed by atoms with van der Waals surface area (Å²) in [6.07, 6.45) is 0. The maximum Gasteiger partial charge on any atom is 0.219 e. The predicted octanol–water partition coefficient (Wildman–Crippen LogP) is -0.344. The van der Waals surface area contributed by atoms with Crippen molar-refractivity contribution in [2.75, 3.05) is 33.4 Å². The van der Waals surface area contributed by atoms with E-state index in [1.54, 1.807) is 7.11 Å². The summed E-state index contributed by atoms with van der Waals surface area (Å²) in [5.74, 6) is 0.811. The number of methoxy groups -OCH3 is 1. The minimum Gasteiger partial charge on any atom is -0.580 e. The van der Waals surface area contributed by atoms with Gasteiger partial charge in [0.15, 0.2) is 0 Å². The van der Waals surface area contributed by atoms with Crippen molar-refractivity contribution < 1.29 is 23.9 Å². The molecule has 1 fully saturated rings. The smallest absolute Gasteiger partial charge is 0.219 e. The van der Waals surface area contributed by atoms with E-state index in [4.69, 9.17) is 18.6 Å². The van der Waals surface area contributed by atoms with E-state index in [9.17, 15) is 0 Å². The molecule has 111 valence electrons. The van der Waals surface area contributed by atoms with Gasteiger partial charge in [0.25, 0.3) is 0 Å². The molecule has 2 N–H and O–H groups in total. The van der Waals surface area contributed by atoms with Crippen molar-refractivity contribution in [3.63, 3.8) is 0 Å². The van der Waals surface area contributed by atoms with Gasteiger partial charge in [0.1, 0.15) is 11.4 Å². The molecule has 1 saturated heterocycles. The molecule has 1 radical (unpaired) electrons. The first-order valence-electron chi connectivity index (χ1n) is 7.03. The van der Waals surface area contributed by atoms with Crippen molar-refractivity contribution in [2.45, 2.75) is 0 Å². The zero-order valence-electron chi connectivity index (χ0n) is 12.0.